The van der Waals surface area contributed by atoms with Crippen molar-refractivity contribution in [3.8, 4) is 0 Å². The predicted molar refractivity (Wildman–Crippen MR) is 118 cm³/mol. The molecule has 0 aliphatic carbocycles. The fourth-order valence-electron chi connectivity index (χ4n) is 3.31. The molecule has 0 spiro atoms. The van der Waals surface area contributed by atoms with Crippen LogP contribution >= 0.6 is 36.2 Å². The lowest BCUT2D eigenvalue weighted by molar-refractivity contribution is -0.122. The Morgan fingerprint density at radius 1 is 1.15 bits per heavy atom. The van der Waals surface area contributed by atoms with E-state index in [0.717, 1.165) is 44.6 Å². The SMILES string of the molecule is Cl.Cl.NC(Cc1ccccc1)C(=O)NCC1CCN(Cc2cccs2)CC1. The smallest absolute Gasteiger partial charge is 0.237 e. The third-order valence-corrected chi connectivity index (χ3v) is 5.73. The van der Waals surface area contributed by atoms with E-state index in [1.54, 1.807) is 0 Å². The van der Waals surface area contributed by atoms with E-state index in [4.69, 9.17) is 5.73 Å². The average Bonchev–Trinajstić information content (AvgIpc) is 3.14. The van der Waals surface area contributed by atoms with Gasteiger partial charge in [-0.1, -0.05) is 36.4 Å². The predicted octanol–water partition coefficient (Wildman–Crippen LogP) is 3.49. The van der Waals surface area contributed by atoms with Gasteiger partial charge in [-0.2, -0.15) is 0 Å². The topological polar surface area (TPSA) is 58.4 Å². The third kappa shape index (κ3) is 7.80. The van der Waals surface area contributed by atoms with Crippen LogP contribution in [0.5, 0.6) is 0 Å². The van der Waals surface area contributed by atoms with Gasteiger partial charge in [0.25, 0.3) is 0 Å². The molecule has 1 amide bonds. The van der Waals surface area contributed by atoms with E-state index < -0.39 is 6.04 Å². The number of benzene rings is 1. The summed E-state index contributed by atoms with van der Waals surface area (Å²) in [7, 11) is 0. The minimum Gasteiger partial charge on any atom is -0.354 e. The van der Waals surface area contributed by atoms with Crippen LogP contribution < -0.4 is 11.1 Å². The van der Waals surface area contributed by atoms with Gasteiger partial charge >= 0.3 is 0 Å². The van der Waals surface area contributed by atoms with Gasteiger partial charge in [0.15, 0.2) is 0 Å². The van der Waals surface area contributed by atoms with Crippen LogP contribution in [0, 0.1) is 5.92 Å². The van der Waals surface area contributed by atoms with Crippen molar-refractivity contribution in [1.29, 1.82) is 0 Å². The number of rotatable bonds is 7. The molecule has 3 rings (SSSR count). The second-order valence-electron chi connectivity index (χ2n) is 6.84. The maximum absolute atomic E-state index is 12.2. The van der Waals surface area contributed by atoms with Crippen molar-refractivity contribution in [2.75, 3.05) is 19.6 Å². The molecule has 1 unspecified atom stereocenters. The van der Waals surface area contributed by atoms with Crippen LogP contribution in [0.4, 0.5) is 0 Å². The molecule has 1 aromatic heterocycles. The Kier molecular flexibility index (Phi) is 11.0. The lowest BCUT2D eigenvalue weighted by atomic mass is 9.96. The van der Waals surface area contributed by atoms with Gasteiger partial charge in [0.2, 0.25) is 5.91 Å². The number of carbonyl (C=O) groups excluding carboxylic acids is 1. The van der Waals surface area contributed by atoms with E-state index in [1.807, 2.05) is 41.7 Å². The van der Waals surface area contributed by atoms with Crippen LogP contribution in [0.25, 0.3) is 0 Å². The molecule has 150 valence electrons. The summed E-state index contributed by atoms with van der Waals surface area (Å²) >= 11 is 1.82. The van der Waals surface area contributed by atoms with Gasteiger partial charge in [-0.15, -0.1) is 36.2 Å². The summed E-state index contributed by atoms with van der Waals surface area (Å²) in [5.74, 6) is 0.525. The van der Waals surface area contributed by atoms with Crippen molar-refractivity contribution in [1.82, 2.24) is 10.2 Å². The fourth-order valence-corrected chi connectivity index (χ4v) is 4.05. The minimum absolute atomic E-state index is 0. The lowest BCUT2D eigenvalue weighted by Gasteiger charge is -2.31. The van der Waals surface area contributed by atoms with E-state index >= 15 is 0 Å². The molecule has 7 heteroatoms. The van der Waals surface area contributed by atoms with E-state index in [1.165, 1.54) is 4.88 Å². The third-order valence-electron chi connectivity index (χ3n) is 4.87. The van der Waals surface area contributed by atoms with Crippen LogP contribution in [0.15, 0.2) is 47.8 Å². The molecule has 2 heterocycles. The van der Waals surface area contributed by atoms with E-state index in [2.05, 4.69) is 27.7 Å². The molecule has 1 atom stereocenters. The van der Waals surface area contributed by atoms with Crippen LogP contribution in [0.2, 0.25) is 0 Å². The van der Waals surface area contributed by atoms with Crippen molar-refractivity contribution in [3.05, 3.63) is 58.3 Å². The standard InChI is InChI=1S/C20H27N3OS.2ClH/c21-19(13-16-5-2-1-3-6-16)20(24)22-14-17-8-10-23(11-9-17)15-18-7-4-12-25-18;;/h1-7,12,17,19H,8-11,13-15,21H2,(H,22,24);2*1H. The van der Waals surface area contributed by atoms with Crippen LogP contribution in [-0.2, 0) is 17.8 Å². The maximum atomic E-state index is 12.2. The highest BCUT2D eigenvalue weighted by molar-refractivity contribution is 7.09. The number of thiophene rings is 1. The average molecular weight is 430 g/mol. The van der Waals surface area contributed by atoms with E-state index in [0.29, 0.717) is 12.3 Å². The molecule has 3 N–H and O–H groups in total. The second-order valence-corrected chi connectivity index (χ2v) is 7.87. The van der Waals surface area contributed by atoms with Gasteiger partial charge < -0.3 is 11.1 Å². The number of nitrogens with one attached hydrogen (secondary N) is 1. The first-order valence-electron chi connectivity index (χ1n) is 9.02. The molecule has 4 nitrogen and oxygen atoms in total. The largest absolute Gasteiger partial charge is 0.354 e. The van der Waals surface area contributed by atoms with Gasteiger partial charge in [-0.05, 0) is 55.3 Å². The highest BCUT2D eigenvalue weighted by Crippen LogP contribution is 2.20. The molecular formula is C20H29Cl2N3OS. The molecule has 27 heavy (non-hydrogen) atoms. The summed E-state index contributed by atoms with van der Waals surface area (Å²) in [5, 5.41) is 5.19. The number of hydrogen-bond donors (Lipinski definition) is 2. The van der Waals surface area contributed by atoms with Crippen molar-refractivity contribution in [2.45, 2.75) is 31.8 Å². The number of nitrogens with zero attached hydrogens (tertiary/aromatic N) is 1. The van der Waals surface area contributed by atoms with E-state index in [9.17, 15) is 4.79 Å². The normalized spacial score (nSPS) is 16.0. The highest BCUT2D eigenvalue weighted by atomic mass is 35.5. The molecule has 1 aliphatic heterocycles. The van der Waals surface area contributed by atoms with Crippen molar-refractivity contribution < 1.29 is 4.79 Å². The van der Waals surface area contributed by atoms with Gasteiger partial charge in [0.1, 0.15) is 0 Å². The van der Waals surface area contributed by atoms with Crippen LogP contribution in [0.3, 0.4) is 0 Å². The fraction of sp³-hybridized carbons (Fsp3) is 0.450. The second kappa shape index (κ2) is 12.4. The summed E-state index contributed by atoms with van der Waals surface area (Å²) < 4.78 is 0. The molecule has 0 saturated carbocycles. The Morgan fingerprint density at radius 3 is 2.48 bits per heavy atom. The summed E-state index contributed by atoms with van der Waals surface area (Å²) in [6.45, 7) is 4.01. The summed E-state index contributed by atoms with van der Waals surface area (Å²) in [6, 6.07) is 13.8. The molecule has 1 fully saturated rings. The number of hydrogen-bond acceptors (Lipinski definition) is 4. The first kappa shape index (κ1) is 23.9. The van der Waals surface area contributed by atoms with Gasteiger partial charge in [0, 0.05) is 18.0 Å². The maximum Gasteiger partial charge on any atom is 0.237 e. The number of halogens is 2. The van der Waals surface area contributed by atoms with Crippen molar-refractivity contribution in [2.24, 2.45) is 11.7 Å². The molecule has 1 aliphatic rings. The first-order chi connectivity index (χ1) is 12.2. The van der Waals surface area contributed by atoms with Crippen LogP contribution in [-0.4, -0.2) is 36.5 Å². The summed E-state index contributed by atoms with van der Waals surface area (Å²) in [5.41, 5.74) is 7.15. The lowest BCUT2D eigenvalue weighted by Crippen LogP contribution is -2.45. The number of amides is 1. The minimum atomic E-state index is -0.471. The van der Waals surface area contributed by atoms with Crippen molar-refractivity contribution in [3.63, 3.8) is 0 Å². The summed E-state index contributed by atoms with van der Waals surface area (Å²) in [4.78, 5) is 16.2. The van der Waals surface area contributed by atoms with E-state index in [-0.39, 0.29) is 30.7 Å². The Hall–Kier alpha value is -1.11. The molecule has 1 aromatic carbocycles. The summed E-state index contributed by atoms with van der Waals surface area (Å²) in [6.07, 6.45) is 2.87. The Bertz CT molecular complexity index is 647. The van der Waals surface area contributed by atoms with Gasteiger partial charge in [-0.3, -0.25) is 9.69 Å². The molecule has 2 aromatic rings. The molecule has 0 bridgehead atoms. The number of piperidine rings is 1. The number of nitrogens with two attached hydrogens (primary N) is 1. The Morgan fingerprint density at radius 2 is 1.85 bits per heavy atom. The Balaban J connectivity index is 0.00000182. The first-order valence-corrected chi connectivity index (χ1v) is 9.90. The van der Waals surface area contributed by atoms with Gasteiger partial charge in [-0.25, -0.2) is 0 Å². The Labute approximate surface area is 178 Å². The molecule has 0 radical (unpaired) electrons. The highest BCUT2D eigenvalue weighted by Gasteiger charge is 2.21. The number of likely N-dealkylation sites (tertiary alicyclic amines) is 1. The zero-order chi connectivity index (χ0) is 17.5. The van der Waals surface area contributed by atoms with Gasteiger partial charge in [0.05, 0.1) is 6.04 Å². The molecular weight excluding hydrogens is 401 g/mol. The zero-order valence-corrected chi connectivity index (χ0v) is 17.8. The van der Waals surface area contributed by atoms with Crippen molar-refractivity contribution >= 4 is 42.1 Å². The van der Waals surface area contributed by atoms with Crippen LogP contribution in [0.1, 0.15) is 23.3 Å². The monoisotopic (exact) mass is 429 g/mol. The molecule has 1 saturated heterocycles. The quantitative estimate of drug-likeness (QED) is 0.707. The zero-order valence-electron chi connectivity index (χ0n) is 15.4. The number of carbonyl (C=O) groups is 1.